The molecule has 1 aliphatic rings. The third-order valence-electron chi connectivity index (χ3n) is 4.44. The zero-order chi connectivity index (χ0) is 18.8. The molecular formula is C18H23BrN3O4+. The first-order valence-corrected chi connectivity index (χ1v) is 9.35. The molecule has 2 atom stereocenters. The Labute approximate surface area is 160 Å². The molecule has 0 saturated carbocycles. The van der Waals surface area contributed by atoms with Gasteiger partial charge < -0.3 is 24.7 Å². The maximum atomic E-state index is 12.6. The fourth-order valence-electron chi connectivity index (χ4n) is 3.49. The Balaban J connectivity index is 1.83. The van der Waals surface area contributed by atoms with Gasteiger partial charge in [-0.25, -0.2) is 4.79 Å². The van der Waals surface area contributed by atoms with Gasteiger partial charge in [0.2, 0.25) is 0 Å². The third kappa shape index (κ3) is 4.08. The molecule has 0 aliphatic carbocycles. The number of aromatic nitrogens is 1. The number of halogens is 1. The summed E-state index contributed by atoms with van der Waals surface area (Å²) in [4.78, 5) is 28.9. The molecule has 1 fully saturated rings. The molecule has 0 bridgehead atoms. The van der Waals surface area contributed by atoms with Crippen LogP contribution in [0, 0.1) is 0 Å². The van der Waals surface area contributed by atoms with Crippen LogP contribution in [0.5, 0.6) is 0 Å². The summed E-state index contributed by atoms with van der Waals surface area (Å²) >= 11 is 3.43. The van der Waals surface area contributed by atoms with Gasteiger partial charge in [0, 0.05) is 15.4 Å². The number of rotatable bonds is 4. The van der Waals surface area contributed by atoms with Crippen LogP contribution in [0.15, 0.2) is 22.7 Å². The van der Waals surface area contributed by atoms with Crippen molar-refractivity contribution in [2.75, 3.05) is 32.1 Å². The van der Waals surface area contributed by atoms with E-state index in [0.29, 0.717) is 12.2 Å². The molecular weight excluding hydrogens is 402 g/mol. The average Bonchev–Trinajstić information content (AvgIpc) is 2.91. The van der Waals surface area contributed by atoms with E-state index in [2.05, 4.69) is 26.2 Å². The molecule has 0 unspecified atom stereocenters. The number of nitrogens with one attached hydrogen (secondary N) is 3. The molecule has 1 aromatic carbocycles. The smallest absolute Gasteiger partial charge is 0.356 e. The summed E-state index contributed by atoms with van der Waals surface area (Å²) in [6, 6.07) is 5.57. The number of hydrogen-bond acceptors (Lipinski definition) is 4. The highest BCUT2D eigenvalue weighted by molar-refractivity contribution is 9.10. The van der Waals surface area contributed by atoms with E-state index in [9.17, 15) is 9.59 Å². The molecule has 2 aromatic rings. The Kier molecular flexibility index (Phi) is 5.64. The first-order chi connectivity index (χ1) is 12.4. The van der Waals surface area contributed by atoms with Crippen LogP contribution in [0.25, 0.3) is 10.9 Å². The molecule has 0 radical (unpaired) electrons. The van der Waals surface area contributed by atoms with E-state index in [1.54, 1.807) is 0 Å². The number of H-pyrrole nitrogens is 1. The van der Waals surface area contributed by atoms with E-state index >= 15 is 0 Å². The summed E-state index contributed by atoms with van der Waals surface area (Å²) in [5.41, 5.74) is 1.45. The van der Waals surface area contributed by atoms with Crippen molar-refractivity contribution in [1.82, 2.24) is 4.98 Å². The van der Waals surface area contributed by atoms with E-state index < -0.39 is 5.97 Å². The van der Waals surface area contributed by atoms with E-state index in [1.807, 2.05) is 32.0 Å². The number of fused-ring (bicyclic) bond motifs is 1. The second-order valence-corrected chi connectivity index (χ2v) is 7.61. The summed E-state index contributed by atoms with van der Waals surface area (Å²) in [5.74, 6) is -0.666. The van der Waals surface area contributed by atoms with Crippen molar-refractivity contribution in [2.45, 2.75) is 26.1 Å². The van der Waals surface area contributed by atoms with Gasteiger partial charge in [-0.05, 0) is 32.0 Å². The number of methoxy groups -OCH3 is 1. The minimum absolute atomic E-state index is 0.122. The third-order valence-corrected chi connectivity index (χ3v) is 4.94. The molecule has 1 aliphatic heterocycles. The van der Waals surface area contributed by atoms with Gasteiger partial charge in [-0.3, -0.25) is 4.79 Å². The highest BCUT2D eigenvalue weighted by Crippen LogP contribution is 2.30. The largest absolute Gasteiger partial charge is 0.464 e. The van der Waals surface area contributed by atoms with Gasteiger partial charge in [0.1, 0.15) is 31.0 Å². The lowest BCUT2D eigenvalue weighted by molar-refractivity contribution is -0.907. The first-order valence-electron chi connectivity index (χ1n) is 8.55. The summed E-state index contributed by atoms with van der Waals surface area (Å²) in [6.45, 7) is 5.90. The number of ether oxygens (including phenoxy) is 2. The van der Waals surface area contributed by atoms with Crippen molar-refractivity contribution in [3.63, 3.8) is 0 Å². The summed E-state index contributed by atoms with van der Waals surface area (Å²) in [6.07, 6.45) is 0.243. The van der Waals surface area contributed by atoms with Gasteiger partial charge in [0.05, 0.1) is 12.8 Å². The Bertz CT molecular complexity index is 825. The van der Waals surface area contributed by atoms with Crippen molar-refractivity contribution in [3.05, 3.63) is 28.4 Å². The van der Waals surface area contributed by atoms with Crippen LogP contribution in [0.1, 0.15) is 24.3 Å². The van der Waals surface area contributed by atoms with Gasteiger partial charge in [0.25, 0.3) is 5.91 Å². The molecule has 1 saturated heterocycles. The van der Waals surface area contributed by atoms with Crippen molar-refractivity contribution in [3.8, 4) is 0 Å². The normalized spacial score (nSPS) is 23.0. The number of carbonyl (C=O) groups is 2. The average molecular weight is 425 g/mol. The van der Waals surface area contributed by atoms with Crippen LogP contribution in [-0.2, 0) is 14.3 Å². The molecule has 0 spiro atoms. The number of quaternary nitrogens is 1. The van der Waals surface area contributed by atoms with Gasteiger partial charge in [-0.1, -0.05) is 15.9 Å². The SMILES string of the molecule is COC(=O)c1[nH]c2ccc(Br)cc2c1NC(=O)C[NH+]1C[C@H](C)O[C@@H](C)C1. The zero-order valence-corrected chi connectivity index (χ0v) is 16.6. The highest BCUT2D eigenvalue weighted by atomic mass is 79.9. The van der Waals surface area contributed by atoms with Gasteiger partial charge in [-0.15, -0.1) is 0 Å². The summed E-state index contributed by atoms with van der Waals surface area (Å²) in [7, 11) is 1.32. The fraction of sp³-hybridized carbons (Fsp3) is 0.444. The molecule has 8 heteroatoms. The number of amides is 1. The number of benzene rings is 1. The van der Waals surface area contributed by atoms with Crippen LogP contribution in [0.2, 0.25) is 0 Å². The number of anilines is 1. The topological polar surface area (TPSA) is 84.9 Å². The second-order valence-electron chi connectivity index (χ2n) is 6.70. The number of esters is 1. The Morgan fingerprint density at radius 2 is 2.04 bits per heavy atom. The summed E-state index contributed by atoms with van der Waals surface area (Å²) in [5, 5.41) is 3.66. The van der Waals surface area contributed by atoms with Crippen LogP contribution >= 0.6 is 15.9 Å². The summed E-state index contributed by atoms with van der Waals surface area (Å²) < 4.78 is 11.4. The van der Waals surface area contributed by atoms with E-state index in [-0.39, 0.29) is 23.8 Å². The molecule has 1 aromatic heterocycles. The molecule has 2 heterocycles. The maximum absolute atomic E-state index is 12.6. The van der Waals surface area contributed by atoms with E-state index in [1.165, 1.54) is 7.11 Å². The van der Waals surface area contributed by atoms with Crippen LogP contribution in [-0.4, -0.2) is 55.8 Å². The predicted octanol–water partition coefficient (Wildman–Crippen LogP) is 1.35. The number of hydrogen-bond donors (Lipinski definition) is 3. The standard InChI is InChI=1S/C18H22BrN3O4/c1-10-7-22(8-11(2)26-10)9-15(23)21-16-13-6-12(19)4-5-14(13)20-17(16)18(24)25-3/h4-6,10-11,20H,7-9H2,1-3H3,(H,21,23)/p+1/t10-,11-/m0/s1. The van der Waals surface area contributed by atoms with Gasteiger partial charge >= 0.3 is 5.97 Å². The molecule has 26 heavy (non-hydrogen) atoms. The van der Waals surface area contributed by atoms with Gasteiger partial charge in [-0.2, -0.15) is 0 Å². The van der Waals surface area contributed by atoms with E-state index in [0.717, 1.165) is 33.4 Å². The number of carbonyl (C=O) groups excluding carboxylic acids is 2. The Morgan fingerprint density at radius 3 is 2.69 bits per heavy atom. The minimum Gasteiger partial charge on any atom is -0.464 e. The molecule has 140 valence electrons. The van der Waals surface area contributed by atoms with Crippen molar-refractivity contribution in [2.24, 2.45) is 0 Å². The molecule has 3 N–H and O–H groups in total. The van der Waals surface area contributed by atoms with Gasteiger partial charge in [0.15, 0.2) is 6.54 Å². The van der Waals surface area contributed by atoms with Crippen LogP contribution in [0.4, 0.5) is 5.69 Å². The maximum Gasteiger partial charge on any atom is 0.356 e. The lowest BCUT2D eigenvalue weighted by Gasteiger charge is -2.31. The number of aromatic amines is 1. The molecule has 1 amide bonds. The van der Waals surface area contributed by atoms with Crippen molar-refractivity contribution < 1.29 is 24.0 Å². The quantitative estimate of drug-likeness (QED) is 0.646. The Hall–Kier alpha value is -1.90. The monoisotopic (exact) mass is 424 g/mol. The fourth-order valence-corrected chi connectivity index (χ4v) is 3.85. The lowest BCUT2D eigenvalue weighted by Crippen LogP contribution is -3.16. The molecule has 3 rings (SSSR count). The zero-order valence-electron chi connectivity index (χ0n) is 15.0. The van der Waals surface area contributed by atoms with E-state index in [4.69, 9.17) is 9.47 Å². The highest BCUT2D eigenvalue weighted by Gasteiger charge is 2.28. The lowest BCUT2D eigenvalue weighted by atomic mass is 10.2. The Morgan fingerprint density at radius 1 is 1.35 bits per heavy atom. The molecule has 7 nitrogen and oxygen atoms in total. The number of morpholine rings is 1. The first kappa shape index (κ1) is 18.9. The van der Waals surface area contributed by atoms with Crippen molar-refractivity contribution in [1.29, 1.82) is 0 Å². The van der Waals surface area contributed by atoms with Crippen LogP contribution in [0.3, 0.4) is 0 Å². The minimum atomic E-state index is -0.520. The predicted molar refractivity (Wildman–Crippen MR) is 102 cm³/mol. The van der Waals surface area contributed by atoms with Crippen LogP contribution < -0.4 is 10.2 Å². The van der Waals surface area contributed by atoms with Crippen molar-refractivity contribution >= 4 is 44.4 Å². The second kappa shape index (κ2) is 7.77.